The molecule has 0 bridgehead atoms. The van der Waals surface area contributed by atoms with Crippen LogP contribution in [0.3, 0.4) is 0 Å². The van der Waals surface area contributed by atoms with Gasteiger partial charge in [-0.2, -0.15) is 0 Å². The van der Waals surface area contributed by atoms with Gasteiger partial charge in [0, 0.05) is 17.3 Å². The zero-order valence-corrected chi connectivity index (χ0v) is 18.2. The van der Waals surface area contributed by atoms with Gasteiger partial charge in [0.05, 0.1) is 21.8 Å². The summed E-state index contributed by atoms with van der Waals surface area (Å²) in [5, 5.41) is 13.3. The van der Waals surface area contributed by atoms with Crippen molar-refractivity contribution in [3.8, 4) is 33.9 Å². The Labute approximate surface area is 191 Å². The average Bonchev–Trinajstić information content (AvgIpc) is 2.79. The number of benzene rings is 3. The molecule has 1 aromatic heterocycles. The van der Waals surface area contributed by atoms with Crippen LogP contribution >= 0.6 is 0 Å². The van der Waals surface area contributed by atoms with Crippen LogP contribution in [0.5, 0.6) is 11.5 Å². The zero-order chi connectivity index (χ0) is 23.6. The second-order valence-electron chi connectivity index (χ2n) is 7.24. The Morgan fingerprint density at radius 3 is 2.18 bits per heavy atom. The third-order valence-corrected chi connectivity index (χ3v) is 5.88. The van der Waals surface area contributed by atoms with Gasteiger partial charge in [-0.25, -0.2) is 13.6 Å². The van der Waals surface area contributed by atoms with Crippen LogP contribution in [0.2, 0.25) is 0 Å². The van der Waals surface area contributed by atoms with Crippen LogP contribution < -0.4 is 21.3 Å². The van der Waals surface area contributed by atoms with Gasteiger partial charge in [0.15, 0.2) is 0 Å². The van der Waals surface area contributed by atoms with E-state index >= 15 is 0 Å². The molecule has 1 heterocycles. The molecular formula is C24H21N5O3S. The summed E-state index contributed by atoms with van der Waals surface area (Å²) in [4.78, 5) is 4.37. The molecule has 0 fully saturated rings. The van der Waals surface area contributed by atoms with Crippen LogP contribution in [0.25, 0.3) is 22.4 Å². The first-order valence-corrected chi connectivity index (χ1v) is 11.4. The fraction of sp³-hybridized carbons (Fsp3) is 0. The second-order valence-corrected chi connectivity index (χ2v) is 8.80. The lowest BCUT2D eigenvalue weighted by molar-refractivity contribution is 0.483. The molecule has 0 aliphatic carbocycles. The largest absolute Gasteiger partial charge is 0.457 e. The number of pyridine rings is 1. The minimum absolute atomic E-state index is 0.0661. The summed E-state index contributed by atoms with van der Waals surface area (Å²) in [5.74, 6) is 1.12. The highest BCUT2D eigenvalue weighted by atomic mass is 32.2. The summed E-state index contributed by atoms with van der Waals surface area (Å²) in [7, 11) is -3.90. The highest BCUT2D eigenvalue weighted by Crippen LogP contribution is 2.35. The van der Waals surface area contributed by atoms with E-state index in [1.165, 1.54) is 12.1 Å². The van der Waals surface area contributed by atoms with E-state index in [2.05, 4.69) is 4.98 Å². The number of aromatic nitrogens is 1. The molecule has 4 rings (SSSR count). The monoisotopic (exact) mass is 459 g/mol. The Morgan fingerprint density at radius 2 is 1.55 bits per heavy atom. The SMILES string of the molecule is N=C(N)c1c(-c2ccc(Oc3ccccc3)cc2)cnc(-c2cccc(S(N)(=O)=O)c2)c1N. The molecule has 4 aromatic rings. The van der Waals surface area contributed by atoms with Crippen molar-refractivity contribution in [2.24, 2.45) is 10.9 Å². The summed E-state index contributed by atoms with van der Waals surface area (Å²) in [6.45, 7) is 0. The maximum Gasteiger partial charge on any atom is 0.238 e. The van der Waals surface area contributed by atoms with Crippen molar-refractivity contribution < 1.29 is 13.2 Å². The van der Waals surface area contributed by atoms with Gasteiger partial charge in [-0.1, -0.05) is 42.5 Å². The van der Waals surface area contributed by atoms with E-state index in [4.69, 9.17) is 26.8 Å². The molecule has 0 saturated heterocycles. The Kier molecular flexibility index (Phi) is 5.82. The van der Waals surface area contributed by atoms with Crippen molar-refractivity contribution in [1.29, 1.82) is 5.41 Å². The number of ether oxygens (including phenoxy) is 1. The maximum atomic E-state index is 11.7. The van der Waals surface area contributed by atoms with Gasteiger partial charge in [-0.05, 0) is 42.0 Å². The molecule has 0 aliphatic heterocycles. The first kappa shape index (κ1) is 22.0. The number of nitrogens with zero attached hydrogens (tertiary/aromatic N) is 1. The molecule has 0 amide bonds. The predicted octanol–water partition coefficient (Wildman–Crippen LogP) is 3.72. The summed E-state index contributed by atoms with van der Waals surface area (Å²) in [6.07, 6.45) is 1.55. The van der Waals surface area contributed by atoms with E-state index in [1.807, 2.05) is 42.5 Å². The third-order valence-electron chi connectivity index (χ3n) is 4.97. The summed E-state index contributed by atoms with van der Waals surface area (Å²) < 4.78 is 29.3. The molecule has 0 atom stereocenters. The van der Waals surface area contributed by atoms with E-state index in [-0.39, 0.29) is 16.4 Å². The average molecular weight is 460 g/mol. The maximum absolute atomic E-state index is 11.7. The number of anilines is 1. The van der Waals surface area contributed by atoms with Gasteiger partial charge in [0.25, 0.3) is 0 Å². The normalized spacial score (nSPS) is 11.2. The number of nitrogens with two attached hydrogens (primary N) is 3. The first-order chi connectivity index (χ1) is 15.7. The number of sulfonamides is 1. The number of rotatable bonds is 6. The second kappa shape index (κ2) is 8.73. The summed E-state index contributed by atoms with van der Waals surface area (Å²) >= 11 is 0. The highest BCUT2D eigenvalue weighted by molar-refractivity contribution is 7.89. The van der Waals surface area contributed by atoms with Crippen molar-refractivity contribution >= 4 is 21.5 Å². The Morgan fingerprint density at radius 1 is 0.879 bits per heavy atom. The Balaban J connectivity index is 1.74. The summed E-state index contributed by atoms with van der Waals surface area (Å²) in [5.41, 5.74) is 14.7. The van der Waals surface area contributed by atoms with Crippen molar-refractivity contribution in [1.82, 2.24) is 4.98 Å². The van der Waals surface area contributed by atoms with Gasteiger partial charge < -0.3 is 16.2 Å². The molecule has 166 valence electrons. The standard InChI is InChI=1S/C24H21N5O3S/c25-22-21(24(26)27)20(14-29-23(22)16-5-4-8-19(13-16)33(28,30)31)15-9-11-18(12-10-15)32-17-6-2-1-3-7-17/h1-14H,25H2,(H3,26,27)(H2,28,30,31). The van der Waals surface area contributed by atoms with Crippen LogP contribution in [0.15, 0.2) is 90.0 Å². The Bertz CT molecular complexity index is 1440. The zero-order valence-electron chi connectivity index (χ0n) is 17.4. The third kappa shape index (κ3) is 4.69. The smallest absolute Gasteiger partial charge is 0.238 e. The Hall–Kier alpha value is -4.21. The van der Waals surface area contributed by atoms with Gasteiger partial charge in [0.1, 0.15) is 17.3 Å². The molecule has 0 spiro atoms. The molecular weight excluding hydrogens is 438 g/mol. The van der Waals surface area contributed by atoms with Gasteiger partial charge >= 0.3 is 0 Å². The quantitative estimate of drug-likeness (QED) is 0.254. The number of para-hydroxylation sites is 1. The topological polar surface area (TPSA) is 158 Å². The van der Waals surface area contributed by atoms with E-state index in [1.54, 1.807) is 30.5 Å². The lowest BCUT2D eigenvalue weighted by Crippen LogP contribution is -2.16. The highest BCUT2D eigenvalue weighted by Gasteiger charge is 2.19. The minimum atomic E-state index is -3.90. The molecule has 0 saturated carbocycles. The van der Waals surface area contributed by atoms with Crippen molar-refractivity contribution in [2.75, 3.05) is 5.73 Å². The molecule has 7 N–H and O–H groups in total. The van der Waals surface area contributed by atoms with Gasteiger partial charge in [-0.3, -0.25) is 10.4 Å². The van der Waals surface area contributed by atoms with Crippen molar-refractivity contribution in [3.63, 3.8) is 0 Å². The number of nitrogens with one attached hydrogen (secondary N) is 1. The fourth-order valence-corrected chi connectivity index (χ4v) is 3.97. The lowest BCUT2D eigenvalue weighted by atomic mass is 9.97. The molecule has 0 radical (unpaired) electrons. The number of amidine groups is 1. The molecule has 0 aliphatic rings. The van der Waals surface area contributed by atoms with Crippen LogP contribution in [0.1, 0.15) is 5.56 Å². The first-order valence-electron chi connectivity index (χ1n) is 9.83. The molecule has 9 heteroatoms. The van der Waals surface area contributed by atoms with E-state index in [0.29, 0.717) is 33.9 Å². The number of primary sulfonamides is 1. The van der Waals surface area contributed by atoms with E-state index in [9.17, 15) is 8.42 Å². The number of hydrogen-bond acceptors (Lipinski definition) is 6. The number of nitrogen functional groups attached to an aromatic ring is 2. The molecule has 3 aromatic carbocycles. The number of hydrogen-bond donors (Lipinski definition) is 4. The predicted molar refractivity (Wildman–Crippen MR) is 128 cm³/mol. The van der Waals surface area contributed by atoms with Crippen LogP contribution in [0.4, 0.5) is 5.69 Å². The summed E-state index contributed by atoms with van der Waals surface area (Å²) in [6, 6.07) is 22.6. The van der Waals surface area contributed by atoms with E-state index < -0.39 is 10.0 Å². The fourth-order valence-electron chi connectivity index (χ4n) is 3.41. The van der Waals surface area contributed by atoms with Crippen molar-refractivity contribution in [3.05, 3.63) is 90.6 Å². The van der Waals surface area contributed by atoms with E-state index in [0.717, 1.165) is 5.56 Å². The molecule has 33 heavy (non-hydrogen) atoms. The lowest BCUT2D eigenvalue weighted by Gasteiger charge is -2.15. The molecule has 0 unspecified atom stereocenters. The van der Waals surface area contributed by atoms with Gasteiger partial charge in [-0.15, -0.1) is 0 Å². The van der Waals surface area contributed by atoms with Gasteiger partial charge in [0.2, 0.25) is 10.0 Å². The van der Waals surface area contributed by atoms with Crippen LogP contribution in [0, 0.1) is 5.41 Å². The minimum Gasteiger partial charge on any atom is -0.457 e. The van der Waals surface area contributed by atoms with Crippen molar-refractivity contribution in [2.45, 2.75) is 4.90 Å². The molecule has 8 nitrogen and oxygen atoms in total. The van der Waals surface area contributed by atoms with Crippen LogP contribution in [-0.4, -0.2) is 19.2 Å². The van der Waals surface area contributed by atoms with Crippen LogP contribution in [-0.2, 0) is 10.0 Å².